The van der Waals surface area contributed by atoms with Crippen molar-refractivity contribution in [1.82, 2.24) is 5.32 Å². The van der Waals surface area contributed by atoms with Crippen LogP contribution in [0.15, 0.2) is 29.3 Å². The number of rotatable bonds is 5. The number of hydrogen-bond acceptors (Lipinski definition) is 2. The number of aliphatic imine (C=N–C) groups is 1. The van der Waals surface area contributed by atoms with E-state index < -0.39 is 0 Å². The van der Waals surface area contributed by atoms with E-state index in [1.54, 1.807) is 0 Å². The molecular formula is C18H26ClN3O. The average Bonchev–Trinajstić information content (AvgIpc) is 2.53. The van der Waals surface area contributed by atoms with Gasteiger partial charge in [-0.05, 0) is 43.2 Å². The van der Waals surface area contributed by atoms with E-state index in [1.165, 1.54) is 24.8 Å². The van der Waals surface area contributed by atoms with Crippen molar-refractivity contribution in [3.8, 4) is 0 Å². The zero-order valence-corrected chi connectivity index (χ0v) is 14.3. The van der Waals surface area contributed by atoms with Crippen LogP contribution in [0.5, 0.6) is 0 Å². The number of guanidine groups is 1. The molecule has 1 aliphatic carbocycles. The van der Waals surface area contributed by atoms with Gasteiger partial charge in [0.25, 0.3) is 0 Å². The largest absolute Gasteiger partial charge is 0.381 e. The second-order valence-corrected chi connectivity index (χ2v) is 7.16. The molecule has 0 atom stereocenters. The van der Waals surface area contributed by atoms with Gasteiger partial charge in [0.1, 0.15) is 0 Å². The lowest BCUT2D eigenvalue weighted by Gasteiger charge is -2.37. The minimum Gasteiger partial charge on any atom is -0.381 e. The Morgan fingerprint density at radius 2 is 2.04 bits per heavy atom. The second kappa shape index (κ2) is 7.54. The molecule has 0 spiro atoms. The Labute approximate surface area is 143 Å². The van der Waals surface area contributed by atoms with Crippen LogP contribution in [0.2, 0.25) is 5.02 Å². The van der Waals surface area contributed by atoms with Crippen molar-refractivity contribution >= 4 is 17.6 Å². The lowest BCUT2D eigenvalue weighted by molar-refractivity contribution is 0.0531. The van der Waals surface area contributed by atoms with Gasteiger partial charge in [0.15, 0.2) is 5.96 Å². The minimum atomic E-state index is -0.0701. The van der Waals surface area contributed by atoms with Crippen LogP contribution < -0.4 is 11.1 Å². The molecule has 3 N–H and O–H groups in total. The molecule has 126 valence electrons. The summed E-state index contributed by atoms with van der Waals surface area (Å²) in [6.07, 6.45) is 5.81. The summed E-state index contributed by atoms with van der Waals surface area (Å²) in [6, 6.07) is 8.08. The van der Waals surface area contributed by atoms with Gasteiger partial charge in [0.05, 0.1) is 6.54 Å². The molecule has 4 nitrogen and oxygen atoms in total. The molecule has 5 heteroatoms. The zero-order valence-electron chi connectivity index (χ0n) is 13.6. The highest BCUT2D eigenvalue weighted by Gasteiger charge is 2.36. The summed E-state index contributed by atoms with van der Waals surface area (Å²) in [5.74, 6) is 1.32. The molecular weight excluding hydrogens is 310 g/mol. The van der Waals surface area contributed by atoms with Crippen molar-refractivity contribution in [3.63, 3.8) is 0 Å². The van der Waals surface area contributed by atoms with Gasteiger partial charge in [-0.15, -0.1) is 0 Å². The summed E-state index contributed by atoms with van der Waals surface area (Å²) in [6.45, 7) is 3.09. The predicted molar refractivity (Wildman–Crippen MR) is 95.0 cm³/mol. The highest BCUT2D eigenvalue weighted by Crippen LogP contribution is 2.38. The van der Waals surface area contributed by atoms with Crippen LogP contribution in [0.1, 0.15) is 37.7 Å². The molecule has 1 saturated heterocycles. The summed E-state index contributed by atoms with van der Waals surface area (Å²) in [5, 5.41) is 4.08. The molecule has 1 heterocycles. The molecule has 0 radical (unpaired) electrons. The maximum atomic E-state index is 6.46. The number of hydrogen-bond donors (Lipinski definition) is 2. The molecule has 1 aromatic carbocycles. The van der Waals surface area contributed by atoms with E-state index in [-0.39, 0.29) is 5.41 Å². The van der Waals surface area contributed by atoms with Crippen LogP contribution in [-0.4, -0.2) is 32.3 Å². The van der Waals surface area contributed by atoms with Crippen molar-refractivity contribution in [2.75, 3.05) is 26.3 Å². The van der Waals surface area contributed by atoms with E-state index in [9.17, 15) is 0 Å². The fourth-order valence-electron chi connectivity index (χ4n) is 3.40. The van der Waals surface area contributed by atoms with Crippen molar-refractivity contribution < 1.29 is 4.74 Å². The molecule has 0 unspecified atom stereocenters. The quantitative estimate of drug-likeness (QED) is 0.642. The summed E-state index contributed by atoms with van der Waals surface area (Å²) in [7, 11) is 0. The van der Waals surface area contributed by atoms with Gasteiger partial charge in [-0.3, -0.25) is 4.99 Å². The zero-order chi connectivity index (χ0) is 16.1. The fourth-order valence-corrected chi connectivity index (χ4v) is 3.74. The topological polar surface area (TPSA) is 59.6 Å². The third-order valence-corrected chi connectivity index (χ3v) is 5.57. The maximum Gasteiger partial charge on any atom is 0.188 e. The van der Waals surface area contributed by atoms with Crippen LogP contribution >= 0.6 is 11.6 Å². The molecule has 1 aliphatic heterocycles. The number of ether oxygens (including phenoxy) is 1. The van der Waals surface area contributed by atoms with Gasteiger partial charge in [0, 0.05) is 30.2 Å². The van der Waals surface area contributed by atoms with Gasteiger partial charge in [-0.1, -0.05) is 36.2 Å². The Hall–Kier alpha value is -1.26. The molecule has 0 bridgehead atoms. The number of nitrogens with one attached hydrogen (secondary N) is 1. The first-order chi connectivity index (χ1) is 11.2. The molecule has 0 aromatic heterocycles. The number of nitrogens with zero attached hydrogens (tertiary/aromatic N) is 1. The number of nitrogens with two attached hydrogens (primary N) is 1. The van der Waals surface area contributed by atoms with Gasteiger partial charge in [-0.2, -0.15) is 0 Å². The van der Waals surface area contributed by atoms with Crippen LogP contribution in [0.3, 0.4) is 0 Å². The monoisotopic (exact) mass is 335 g/mol. The number of halogens is 1. The average molecular weight is 336 g/mol. The van der Waals surface area contributed by atoms with E-state index in [1.807, 2.05) is 18.2 Å². The van der Waals surface area contributed by atoms with Crippen molar-refractivity contribution in [3.05, 3.63) is 34.9 Å². The second-order valence-electron chi connectivity index (χ2n) is 6.75. The molecule has 1 aromatic rings. The van der Waals surface area contributed by atoms with E-state index >= 15 is 0 Å². The molecule has 2 fully saturated rings. The van der Waals surface area contributed by atoms with E-state index in [0.29, 0.717) is 12.5 Å². The standard InChI is InChI=1S/C18H26ClN3O/c19-16-7-2-1-6-15(16)18(8-10-23-11-9-18)13-22-17(20)21-12-14-4-3-5-14/h1-2,6-7,14H,3-5,8-13H2,(H3,20,21,22). The Bertz CT molecular complexity index is 551. The van der Waals surface area contributed by atoms with E-state index in [0.717, 1.165) is 43.5 Å². The predicted octanol–water partition coefficient (Wildman–Crippen LogP) is 3.09. The van der Waals surface area contributed by atoms with Gasteiger partial charge < -0.3 is 15.8 Å². The molecule has 1 saturated carbocycles. The van der Waals surface area contributed by atoms with E-state index in [4.69, 9.17) is 22.1 Å². The third kappa shape index (κ3) is 3.99. The van der Waals surface area contributed by atoms with Gasteiger partial charge >= 0.3 is 0 Å². The summed E-state index contributed by atoms with van der Waals surface area (Å²) in [5.41, 5.74) is 7.16. The minimum absolute atomic E-state index is 0.0701. The van der Waals surface area contributed by atoms with Crippen LogP contribution in [0.4, 0.5) is 0 Å². The van der Waals surface area contributed by atoms with Gasteiger partial charge in [0.2, 0.25) is 0 Å². The summed E-state index contributed by atoms with van der Waals surface area (Å²) in [4.78, 5) is 4.64. The summed E-state index contributed by atoms with van der Waals surface area (Å²) >= 11 is 6.46. The maximum absolute atomic E-state index is 6.46. The van der Waals surface area contributed by atoms with Crippen molar-refractivity contribution in [1.29, 1.82) is 0 Å². The highest BCUT2D eigenvalue weighted by atomic mass is 35.5. The lowest BCUT2D eigenvalue weighted by atomic mass is 9.74. The molecule has 2 aliphatic rings. The Balaban J connectivity index is 1.70. The van der Waals surface area contributed by atoms with Crippen LogP contribution in [0, 0.1) is 5.92 Å². The Morgan fingerprint density at radius 3 is 2.70 bits per heavy atom. The first-order valence-electron chi connectivity index (χ1n) is 8.56. The summed E-state index contributed by atoms with van der Waals surface area (Å²) < 4.78 is 5.56. The Morgan fingerprint density at radius 1 is 1.30 bits per heavy atom. The van der Waals surface area contributed by atoms with Crippen molar-refractivity contribution in [2.45, 2.75) is 37.5 Å². The SMILES string of the molecule is NC(=NCC1(c2ccccc2Cl)CCOCC1)NCC1CCC1. The molecule has 23 heavy (non-hydrogen) atoms. The Kier molecular flexibility index (Phi) is 5.44. The lowest BCUT2D eigenvalue weighted by Crippen LogP contribution is -2.41. The van der Waals surface area contributed by atoms with Crippen molar-refractivity contribution in [2.24, 2.45) is 16.6 Å². The first-order valence-corrected chi connectivity index (χ1v) is 8.94. The number of benzene rings is 1. The highest BCUT2D eigenvalue weighted by molar-refractivity contribution is 6.31. The third-order valence-electron chi connectivity index (χ3n) is 5.24. The van der Waals surface area contributed by atoms with Gasteiger partial charge in [-0.25, -0.2) is 0 Å². The van der Waals surface area contributed by atoms with E-state index in [2.05, 4.69) is 16.4 Å². The first kappa shape index (κ1) is 16.6. The smallest absolute Gasteiger partial charge is 0.188 e. The van der Waals surface area contributed by atoms with Crippen LogP contribution in [0.25, 0.3) is 0 Å². The molecule has 3 rings (SSSR count). The van der Waals surface area contributed by atoms with Crippen LogP contribution in [-0.2, 0) is 10.2 Å². The molecule has 0 amide bonds. The fraction of sp³-hybridized carbons (Fsp3) is 0.611. The normalized spacial score (nSPS) is 21.7.